The molecule has 0 bridgehead atoms. The first kappa shape index (κ1) is 17.4. The zero-order valence-corrected chi connectivity index (χ0v) is 14.2. The number of aliphatic hydroxyl groups is 1. The first-order valence-corrected chi connectivity index (χ1v) is 8.39. The molecule has 2 rings (SSSR count). The fraction of sp³-hybridized carbons (Fsp3) is 0.647. The number of hydrogen-bond donors (Lipinski definition) is 2. The van der Waals surface area contributed by atoms with E-state index in [1.54, 1.807) is 7.11 Å². The maximum Gasteiger partial charge on any atom is 0.179 e. The van der Waals surface area contributed by atoms with Gasteiger partial charge in [-0.05, 0) is 56.2 Å². The van der Waals surface area contributed by atoms with Gasteiger partial charge in [-0.2, -0.15) is 0 Å². The summed E-state index contributed by atoms with van der Waals surface area (Å²) < 4.78 is 10.9. The second-order valence-electron chi connectivity index (χ2n) is 5.82. The lowest BCUT2D eigenvalue weighted by atomic mass is 9.86. The topological polar surface area (TPSA) is 50.7 Å². The SMILES string of the molecule is CCOc1cc(CNC2CCC(CO)CC2)cc(Cl)c1OC. The van der Waals surface area contributed by atoms with Crippen LogP contribution < -0.4 is 14.8 Å². The summed E-state index contributed by atoms with van der Waals surface area (Å²) >= 11 is 6.27. The molecule has 1 fully saturated rings. The van der Waals surface area contributed by atoms with E-state index >= 15 is 0 Å². The fourth-order valence-electron chi connectivity index (χ4n) is 3.00. The van der Waals surface area contributed by atoms with Crippen molar-refractivity contribution in [2.75, 3.05) is 20.3 Å². The van der Waals surface area contributed by atoms with E-state index < -0.39 is 0 Å². The van der Waals surface area contributed by atoms with Gasteiger partial charge >= 0.3 is 0 Å². The maximum absolute atomic E-state index is 9.19. The third-order valence-corrected chi connectivity index (χ3v) is 4.55. The van der Waals surface area contributed by atoms with Crippen molar-refractivity contribution in [3.63, 3.8) is 0 Å². The van der Waals surface area contributed by atoms with Gasteiger partial charge in [-0.1, -0.05) is 11.6 Å². The van der Waals surface area contributed by atoms with Crippen molar-refractivity contribution >= 4 is 11.6 Å². The van der Waals surface area contributed by atoms with Gasteiger partial charge in [0, 0.05) is 19.2 Å². The van der Waals surface area contributed by atoms with Gasteiger partial charge in [0.25, 0.3) is 0 Å². The Morgan fingerprint density at radius 2 is 2.00 bits per heavy atom. The highest BCUT2D eigenvalue weighted by molar-refractivity contribution is 6.32. The summed E-state index contributed by atoms with van der Waals surface area (Å²) in [5.74, 6) is 1.77. The summed E-state index contributed by atoms with van der Waals surface area (Å²) in [6, 6.07) is 4.43. The third kappa shape index (κ3) is 4.51. The van der Waals surface area contributed by atoms with Crippen molar-refractivity contribution in [2.45, 2.75) is 45.2 Å². The average Bonchev–Trinajstić information content (AvgIpc) is 2.53. The van der Waals surface area contributed by atoms with Gasteiger partial charge in [-0.15, -0.1) is 0 Å². The molecule has 1 aromatic carbocycles. The summed E-state index contributed by atoms with van der Waals surface area (Å²) in [6.07, 6.45) is 4.43. The zero-order valence-electron chi connectivity index (χ0n) is 13.4. The Kier molecular flexibility index (Phi) is 6.80. The maximum atomic E-state index is 9.19. The van der Waals surface area contributed by atoms with Gasteiger partial charge in [0.15, 0.2) is 11.5 Å². The van der Waals surface area contributed by atoms with Crippen molar-refractivity contribution in [1.82, 2.24) is 5.32 Å². The van der Waals surface area contributed by atoms with Crippen LogP contribution in [0.3, 0.4) is 0 Å². The summed E-state index contributed by atoms with van der Waals surface area (Å²) in [4.78, 5) is 0. The second-order valence-corrected chi connectivity index (χ2v) is 6.23. The summed E-state index contributed by atoms with van der Waals surface area (Å²) in [5.41, 5.74) is 1.10. The lowest BCUT2D eigenvalue weighted by Gasteiger charge is -2.28. The van der Waals surface area contributed by atoms with Gasteiger partial charge in [-0.3, -0.25) is 0 Å². The number of hydrogen-bond acceptors (Lipinski definition) is 4. The molecule has 0 saturated heterocycles. The molecule has 0 heterocycles. The number of aliphatic hydroxyl groups excluding tert-OH is 1. The molecule has 0 aliphatic heterocycles. The van der Waals surface area contributed by atoms with E-state index in [2.05, 4.69) is 5.32 Å². The molecule has 22 heavy (non-hydrogen) atoms. The molecular formula is C17H26ClNO3. The lowest BCUT2D eigenvalue weighted by molar-refractivity contribution is 0.175. The van der Waals surface area contributed by atoms with Crippen LogP contribution in [0.5, 0.6) is 11.5 Å². The monoisotopic (exact) mass is 327 g/mol. The fourth-order valence-corrected chi connectivity index (χ4v) is 3.31. The van der Waals surface area contributed by atoms with Crippen molar-refractivity contribution in [1.29, 1.82) is 0 Å². The zero-order chi connectivity index (χ0) is 15.9. The molecule has 1 aliphatic carbocycles. The Labute approximate surface area is 137 Å². The van der Waals surface area contributed by atoms with E-state index in [1.165, 1.54) is 0 Å². The number of nitrogens with one attached hydrogen (secondary N) is 1. The molecule has 1 aromatic rings. The molecule has 0 atom stereocenters. The van der Waals surface area contributed by atoms with E-state index in [9.17, 15) is 5.11 Å². The number of methoxy groups -OCH3 is 1. The summed E-state index contributed by atoms with van der Waals surface area (Å²) in [7, 11) is 1.60. The molecule has 0 unspecified atom stereocenters. The van der Waals surface area contributed by atoms with Crippen LogP contribution in [-0.2, 0) is 6.54 Å². The van der Waals surface area contributed by atoms with Crippen LogP contribution >= 0.6 is 11.6 Å². The van der Waals surface area contributed by atoms with E-state index in [-0.39, 0.29) is 0 Å². The number of rotatable bonds is 7. The molecular weight excluding hydrogens is 302 g/mol. The van der Waals surface area contributed by atoms with Crippen LogP contribution in [0.2, 0.25) is 5.02 Å². The van der Waals surface area contributed by atoms with Crippen LogP contribution in [0.1, 0.15) is 38.2 Å². The second kappa shape index (κ2) is 8.61. The largest absolute Gasteiger partial charge is 0.491 e. The molecule has 0 radical (unpaired) electrons. The predicted octanol–water partition coefficient (Wildman–Crippen LogP) is 3.39. The van der Waals surface area contributed by atoms with E-state index in [4.69, 9.17) is 21.1 Å². The van der Waals surface area contributed by atoms with Gasteiger partial charge in [0.05, 0.1) is 18.7 Å². The third-order valence-electron chi connectivity index (χ3n) is 4.27. The quantitative estimate of drug-likeness (QED) is 0.806. The molecule has 1 saturated carbocycles. The highest BCUT2D eigenvalue weighted by atomic mass is 35.5. The van der Waals surface area contributed by atoms with E-state index in [1.807, 2.05) is 19.1 Å². The van der Waals surface area contributed by atoms with Crippen LogP contribution in [0.15, 0.2) is 12.1 Å². The molecule has 1 aliphatic rings. The van der Waals surface area contributed by atoms with Gasteiger partial charge in [-0.25, -0.2) is 0 Å². The van der Waals surface area contributed by atoms with Crippen molar-refractivity contribution in [2.24, 2.45) is 5.92 Å². The Balaban J connectivity index is 1.95. The molecule has 0 amide bonds. The summed E-state index contributed by atoms with van der Waals surface area (Å²) in [6.45, 7) is 3.60. The van der Waals surface area contributed by atoms with E-state index in [0.29, 0.717) is 41.7 Å². The highest BCUT2D eigenvalue weighted by Gasteiger charge is 2.20. The molecule has 4 nitrogen and oxygen atoms in total. The van der Waals surface area contributed by atoms with Crippen molar-refractivity contribution in [3.05, 3.63) is 22.7 Å². The average molecular weight is 328 g/mol. The Morgan fingerprint density at radius 1 is 1.27 bits per heavy atom. The van der Waals surface area contributed by atoms with Gasteiger partial charge < -0.3 is 19.9 Å². The highest BCUT2D eigenvalue weighted by Crippen LogP contribution is 2.36. The molecule has 2 N–H and O–H groups in total. The van der Waals surface area contributed by atoms with Crippen LogP contribution in [0.4, 0.5) is 0 Å². The van der Waals surface area contributed by atoms with Crippen LogP contribution in [0.25, 0.3) is 0 Å². The molecule has 0 aromatic heterocycles. The molecule has 0 spiro atoms. The molecule has 5 heteroatoms. The minimum Gasteiger partial charge on any atom is -0.491 e. The van der Waals surface area contributed by atoms with E-state index in [0.717, 1.165) is 37.8 Å². The minimum absolute atomic E-state index is 0.318. The first-order chi connectivity index (χ1) is 10.7. The van der Waals surface area contributed by atoms with Gasteiger partial charge in [0.2, 0.25) is 0 Å². The Bertz CT molecular complexity index is 473. The normalized spacial score (nSPS) is 21.6. The van der Waals surface area contributed by atoms with Crippen LogP contribution in [-0.4, -0.2) is 31.5 Å². The minimum atomic E-state index is 0.318. The van der Waals surface area contributed by atoms with Crippen molar-refractivity contribution < 1.29 is 14.6 Å². The molecule has 124 valence electrons. The number of halogens is 1. The smallest absolute Gasteiger partial charge is 0.179 e. The Morgan fingerprint density at radius 3 is 2.59 bits per heavy atom. The predicted molar refractivity (Wildman–Crippen MR) is 88.8 cm³/mol. The lowest BCUT2D eigenvalue weighted by Crippen LogP contribution is -2.33. The van der Waals surface area contributed by atoms with Gasteiger partial charge in [0.1, 0.15) is 0 Å². The van der Waals surface area contributed by atoms with Crippen molar-refractivity contribution in [3.8, 4) is 11.5 Å². The summed E-state index contributed by atoms with van der Waals surface area (Å²) in [5, 5.41) is 13.3. The van der Waals surface area contributed by atoms with Crippen LogP contribution in [0, 0.1) is 5.92 Å². The standard InChI is InChI=1S/C17H26ClNO3/c1-3-22-16-9-13(8-15(18)17(16)21-2)10-19-14-6-4-12(11-20)5-7-14/h8-9,12,14,19-20H,3-7,10-11H2,1-2H3. The number of ether oxygens (including phenoxy) is 2. The number of benzene rings is 1. The Hall–Kier alpha value is -0.970. The first-order valence-electron chi connectivity index (χ1n) is 8.01.